The molecule has 2 rings (SSSR count). The first-order valence-corrected chi connectivity index (χ1v) is 8.95. The first-order valence-electron chi connectivity index (χ1n) is 8.95. The highest BCUT2D eigenvalue weighted by Crippen LogP contribution is 2.18. The number of carbonyl (C=O) groups is 1. The number of likely N-dealkylation sites (tertiary alicyclic amines) is 1. The number of nitrogens with one attached hydrogen (secondary N) is 1. The van der Waals surface area contributed by atoms with Crippen molar-refractivity contribution < 1.29 is 14.3 Å². The Morgan fingerprint density at radius 2 is 1.92 bits per heavy atom. The van der Waals surface area contributed by atoms with Crippen LogP contribution in [0.1, 0.15) is 33.1 Å². The summed E-state index contributed by atoms with van der Waals surface area (Å²) in [5, 5.41) is 3.24. The molecule has 1 aromatic carbocycles. The minimum absolute atomic E-state index is 0. The third-order valence-corrected chi connectivity index (χ3v) is 3.98. The van der Waals surface area contributed by atoms with Gasteiger partial charge in [-0.1, -0.05) is 18.2 Å². The lowest BCUT2D eigenvalue weighted by Crippen LogP contribution is -2.47. The van der Waals surface area contributed by atoms with E-state index in [-0.39, 0.29) is 42.2 Å². The molecule has 0 aliphatic carbocycles. The van der Waals surface area contributed by atoms with Gasteiger partial charge in [0.05, 0.1) is 12.5 Å². The lowest BCUT2D eigenvalue weighted by molar-refractivity contribution is -0.147. The minimum Gasteiger partial charge on any atom is -0.490 e. The molecular weight excluding hydrogens is 445 g/mol. The molecule has 0 amide bonds. The van der Waals surface area contributed by atoms with Gasteiger partial charge in [-0.15, -0.1) is 24.0 Å². The number of esters is 1. The number of para-hydroxylation sites is 1. The molecule has 0 spiro atoms. The van der Waals surface area contributed by atoms with Gasteiger partial charge in [0.15, 0.2) is 5.96 Å². The average molecular weight is 475 g/mol. The molecule has 0 bridgehead atoms. The Balaban J connectivity index is 0.00000338. The highest BCUT2D eigenvalue weighted by Gasteiger charge is 2.22. The van der Waals surface area contributed by atoms with E-state index in [4.69, 9.17) is 9.47 Å². The lowest BCUT2D eigenvalue weighted by Gasteiger charge is -2.34. The zero-order valence-electron chi connectivity index (χ0n) is 15.8. The third kappa shape index (κ3) is 7.80. The number of guanidine groups is 1. The van der Waals surface area contributed by atoms with Gasteiger partial charge in [0.2, 0.25) is 0 Å². The van der Waals surface area contributed by atoms with Crippen LogP contribution in [0.15, 0.2) is 35.3 Å². The van der Waals surface area contributed by atoms with Gasteiger partial charge in [0, 0.05) is 39.5 Å². The smallest absolute Gasteiger partial charge is 0.307 e. The zero-order valence-corrected chi connectivity index (χ0v) is 18.1. The van der Waals surface area contributed by atoms with Gasteiger partial charge >= 0.3 is 5.97 Å². The number of nitrogens with zero attached hydrogens (tertiary/aromatic N) is 2. The standard InChI is InChI=1S/C19H29N3O3.HI/c1-15(2)24-18(23)9-12-21-19(20-3)22-13-10-17(11-14-22)25-16-7-5-4-6-8-16;/h4-8,15,17H,9-14H2,1-3H3,(H,20,21);1H. The van der Waals surface area contributed by atoms with Crippen LogP contribution in [0, 0.1) is 0 Å². The average Bonchev–Trinajstić information content (AvgIpc) is 2.60. The van der Waals surface area contributed by atoms with Crippen molar-refractivity contribution in [2.75, 3.05) is 26.7 Å². The quantitative estimate of drug-likeness (QED) is 0.297. The van der Waals surface area contributed by atoms with Crippen LogP contribution in [0.25, 0.3) is 0 Å². The van der Waals surface area contributed by atoms with Crippen LogP contribution in [0.3, 0.4) is 0 Å². The molecule has 1 aliphatic rings. The van der Waals surface area contributed by atoms with E-state index < -0.39 is 0 Å². The van der Waals surface area contributed by atoms with Crippen LogP contribution >= 0.6 is 24.0 Å². The number of ether oxygens (including phenoxy) is 2. The van der Waals surface area contributed by atoms with Gasteiger partial charge in [-0.05, 0) is 26.0 Å². The maximum absolute atomic E-state index is 11.6. The minimum atomic E-state index is -0.187. The number of hydrogen-bond donors (Lipinski definition) is 1. The van der Waals surface area contributed by atoms with Crippen molar-refractivity contribution >= 4 is 35.9 Å². The summed E-state index contributed by atoms with van der Waals surface area (Å²) >= 11 is 0. The Kier molecular flexibility index (Phi) is 10.4. The molecule has 1 heterocycles. The summed E-state index contributed by atoms with van der Waals surface area (Å²) in [4.78, 5) is 18.1. The Hall–Kier alpha value is -1.51. The predicted molar refractivity (Wildman–Crippen MR) is 114 cm³/mol. The molecule has 1 aliphatic heterocycles. The van der Waals surface area contributed by atoms with E-state index in [0.717, 1.165) is 37.6 Å². The molecule has 1 saturated heterocycles. The van der Waals surface area contributed by atoms with Gasteiger partial charge in [-0.2, -0.15) is 0 Å². The van der Waals surface area contributed by atoms with Gasteiger partial charge < -0.3 is 19.7 Å². The molecule has 6 nitrogen and oxygen atoms in total. The molecule has 1 aromatic rings. The number of piperidine rings is 1. The summed E-state index contributed by atoms with van der Waals surface area (Å²) in [6, 6.07) is 9.94. The maximum Gasteiger partial charge on any atom is 0.307 e. The van der Waals surface area contributed by atoms with Crippen molar-refractivity contribution in [2.24, 2.45) is 4.99 Å². The van der Waals surface area contributed by atoms with Gasteiger partial charge in [0.25, 0.3) is 0 Å². The highest BCUT2D eigenvalue weighted by molar-refractivity contribution is 14.0. The van der Waals surface area contributed by atoms with E-state index in [2.05, 4.69) is 15.2 Å². The first-order chi connectivity index (χ1) is 12.1. The number of halogens is 1. The number of carbonyl (C=O) groups excluding carboxylic acids is 1. The topological polar surface area (TPSA) is 63.2 Å². The summed E-state index contributed by atoms with van der Waals surface area (Å²) < 4.78 is 11.2. The fourth-order valence-corrected chi connectivity index (χ4v) is 2.81. The molecule has 146 valence electrons. The molecule has 0 atom stereocenters. The van der Waals surface area contributed by atoms with Gasteiger partial charge in [-0.25, -0.2) is 0 Å². The molecule has 1 N–H and O–H groups in total. The van der Waals surface area contributed by atoms with E-state index in [1.165, 1.54) is 0 Å². The largest absolute Gasteiger partial charge is 0.490 e. The monoisotopic (exact) mass is 475 g/mol. The van der Waals surface area contributed by atoms with E-state index in [0.29, 0.717) is 13.0 Å². The van der Waals surface area contributed by atoms with Crippen LogP contribution in [0.4, 0.5) is 0 Å². The summed E-state index contributed by atoms with van der Waals surface area (Å²) in [6.07, 6.45) is 2.40. The number of aliphatic imine (C=N–C) groups is 1. The first kappa shape index (κ1) is 22.5. The van der Waals surface area contributed by atoms with Crippen LogP contribution in [0.5, 0.6) is 5.75 Å². The van der Waals surface area contributed by atoms with Crippen molar-refractivity contribution in [2.45, 2.75) is 45.3 Å². The molecule has 26 heavy (non-hydrogen) atoms. The molecule has 0 saturated carbocycles. The molecule has 0 aromatic heterocycles. The Morgan fingerprint density at radius 3 is 2.50 bits per heavy atom. The van der Waals surface area contributed by atoms with Crippen LogP contribution in [-0.4, -0.2) is 55.7 Å². The summed E-state index contributed by atoms with van der Waals surface area (Å²) in [6.45, 7) is 6.00. The summed E-state index contributed by atoms with van der Waals surface area (Å²) in [7, 11) is 1.77. The predicted octanol–water partition coefficient (Wildman–Crippen LogP) is 3.06. The molecular formula is C19H30IN3O3. The number of rotatable bonds is 6. The van der Waals surface area contributed by atoms with Crippen LogP contribution in [0.2, 0.25) is 0 Å². The maximum atomic E-state index is 11.6. The zero-order chi connectivity index (χ0) is 18.1. The third-order valence-electron chi connectivity index (χ3n) is 3.98. The summed E-state index contributed by atoms with van der Waals surface area (Å²) in [5.74, 6) is 1.57. The Morgan fingerprint density at radius 1 is 1.27 bits per heavy atom. The number of hydrogen-bond acceptors (Lipinski definition) is 4. The van der Waals surface area contributed by atoms with E-state index in [9.17, 15) is 4.79 Å². The Labute approximate surface area is 173 Å². The van der Waals surface area contributed by atoms with Crippen molar-refractivity contribution in [3.8, 4) is 5.75 Å². The second-order valence-electron chi connectivity index (χ2n) is 6.38. The van der Waals surface area contributed by atoms with Crippen LogP contribution < -0.4 is 10.1 Å². The fourth-order valence-electron chi connectivity index (χ4n) is 2.81. The normalized spacial score (nSPS) is 15.4. The van der Waals surface area contributed by atoms with Gasteiger partial charge in [0.1, 0.15) is 11.9 Å². The van der Waals surface area contributed by atoms with Crippen molar-refractivity contribution in [3.05, 3.63) is 30.3 Å². The van der Waals surface area contributed by atoms with E-state index in [1.54, 1.807) is 7.05 Å². The fraction of sp³-hybridized carbons (Fsp3) is 0.579. The van der Waals surface area contributed by atoms with E-state index >= 15 is 0 Å². The van der Waals surface area contributed by atoms with Crippen molar-refractivity contribution in [3.63, 3.8) is 0 Å². The molecule has 1 fully saturated rings. The molecule has 0 unspecified atom stereocenters. The Bertz CT molecular complexity index is 558. The van der Waals surface area contributed by atoms with Crippen LogP contribution in [-0.2, 0) is 9.53 Å². The lowest BCUT2D eigenvalue weighted by atomic mass is 10.1. The number of benzene rings is 1. The molecule has 0 radical (unpaired) electrons. The van der Waals surface area contributed by atoms with Gasteiger partial charge in [-0.3, -0.25) is 9.79 Å². The SMILES string of the molecule is CN=C(NCCC(=O)OC(C)C)N1CCC(Oc2ccccc2)CC1.I. The summed E-state index contributed by atoms with van der Waals surface area (Å²) in [5.41, 5.74) is 0. The second kappa shape index (κ2) is 12.0. The highest BCUT2D eigenvalue weighted by atomic mass is 127. The van der Waals surface area contributed by atoms with Crippen molar-refractivity contribution in [1.29, 1.82) is 0 Å². The second-order valence-corrected chi connectivity index (χ2v) is 6.38. The van der Waals surface area contributed by atoms with Crippen molar-refractivity contribution in [1.82, 2.24) is 10.2 Å². The van der Waals surface area contributed by atoms with E-state index in [1.807, 2.05) is 44.2 Å². The molecule has 7 heteroatoms.